The number of halogens is 2. The van der Waals surface area contributed by atoms with Crippen molar-refractivity contribution < 1.29 is 8.78 Å². The van der Waals surface area contributed by atoms with Gasteiger partial charge in [-0.25, -0.2) is 18.7 Å². The lowest BCUT2D eigenvalue weighted by atomic mass is 10.0. The van der Waals surface area contributed by atoms with E-state index < -0.39 is 12.5 Å². The summed E-state index contributed by atoms with van der Waals surface area (Å²) in [6, 6.07) is 5.81. The second-order valence-corrected chi connectivity index (χ2v) is 6.47. The maximum Gasteiger partial charge on any atom is 0.257 e. The van der Waals surface area contributed by atoms with Crippen LogP contribution in [0.5, 0.6) is 0 Å². The number of nitrogens with two attached hydrogens (primary N) is 1. The number of alkyl halides is 2. The highest BCUT2D eigenvalue weighted by Crippen LogP contribution is 2.33. The first kappa shape index (κ1) is 15.4. The zero-order valence-corrected chi connectivity index (χ0v) is 13.4. The topological polar surface area (TPSA) is 55.0 Å². The molecule has 0 saturated carbocycles. The Morgan fingerprint density at radius 3 is 2.38 bits per heavy atom. The lowest BCUT2D eigenvalue weighted by molar-refractivity contribution is 0.116. The first-order valence-electron chi connectivity index (χ1n) is 8.42. The first-order valence-corrected chi connectivity index (χ1v) is 8.42. The van der Waals surface area contributed by atoms with Crippen LogP contribution >= 0.6 is 0 Å². The summed E-state index contributed by atoms with van der Waals surface area (Å²) >= 11 is 0. The number of aromatic nitrogens is 2. The molecular formula is C18H20F2N4. The molecule has 1 fully saturated rings. The molecule has 1 atom stereocenters. The molecular weight excluding hydrogens is 310 g/mol. The van der Waals surface area contributed by atoms with Gasteiger partial charge < -0.3 is 10.6 Å². The molecule has 1 unspecified atom stereocenters. The van der Waals surface area contributed by atoms with E-state index in [1.54, 1.807) is 12.1 Å². The second-order valence-electron chi connectivity index (χ2n) is 6.47. The Labute approximate surface area is 139 Å². The normalized spacial score (nSPS) is 17.8. The van der Waals surface area contributed by atoms with E-state index in [0.717, 1.165) is 55.3 Å². The molecule has 1 aromatic heterocycles. The van der Waals surface area contributed by atoms with E-state index >= 15 is 0 Å². The molecule has 1 aromatic carbocycles. The Hall–Kier alpha value is -2.08. The Kier molecular flexibility index (Phi) is 3.92. The van der Waals surface area contributed by atoms with Gasteiger partial charge in [0.1, 0.15) is 0 Å². The Balaban J connectivity index is 1.71. The van der Waals surface area contributed by atoms with E-state index in [2.05, 4.69) is 4.90 Å². The molecule has 2 heterocycles. The van der Waals surface area contributed by atoms with Gasteiger partial charge in [0.15, 0.2) is 0 Å². The summed E-state index contributed by atoms with van der Waals surface area (Å²) < 4.78 is 25.5. The summed E-state index contributed by atoms with van der Waals surface area (Å²) in [6.07, 6.45) is 1.67. The van der Waals surface area contributed by atoms with Crippen molar-refractivity contribution in [2.45, 2.75) is 38.2 Å². The van der Waals surface area contributed by atoms with Crippen molar-refractivity contribution in [2.75, 3.05) is 18.0 Å². The SMILES string of the molecule is NC(c1ccc(-c2nc(N3CCC3)nc3c2CCC3)cc1)C(F)F. The molecule has 2 aliphatic rings. The van der Waals surface area contributed by atoms with Crippen molar-refractivity contribution in [1.29, 1.82) is 0 Å². The third-order valence-corrected chi connectivity index (χ3v) is 4.90. The van der Waals surface area contributed by atoms with Crippen molar-refractivity contribution in [3.05, 3.63) is 41.1 Å². The highest BCUT2D eigenvalue weighted by molar-refractivity contribution is 5.67. The summed E-state index contributed by atoms with van der Waals surface area (Å²) in [6.45, 7) is 2.00. The van der Waals surface area contributed by atoms with Crippen LogP contribution in [0.4, 0.5) is 14.7 Å². The lowest BCUT2D eigenvalue weighted by Crippen LogP contribution is -2.38. The number of aryl methyl sites for hydroxylation is 1. The van der Waals surface area contributed by atoms with E-state index in [1.165, 1.54) is 12.0 Å². The van der Waals surface area contributed by atoms with Crippen LogP contribution in [0.2, 0.25) is 0 Å². The number of rotatable bonds is 4. The average Bonchev–Trinajstić information content (AvgIpc) is 3.00. The molecule has 1 aliphatic carbocycles. The summed E-state index contributed by atoms with van der Waals surface area (Å²) in [5, 5.41) is 0. The third-order valence-electron chi connectivity index (χ3n) is 4.90. The van der Waals surface area contributed by atoms with Gasteiger partial charge in [-0.1, -0.05) is 24.3 Å². The highest BCUT2D eigenvalue weighted by Gasteiger charge is 2.25. The predicted octanol–water partition coefficient (Wildman–Crippen LogP) is 3.11. The molecule has 1 saturated heterocycles. The predicted molar refractivity (Wildman–Crippen MR) is 89.3 cm³/mol. The van der Waals surface area contributed by atoms with E-state index in [-0.39, 0.29) is 0 Å². The average molecular weight is 330 g/mol. The lowest BCUT2D eigenvalue weighted by Gasteiger charge is -2.31. The molecule has 1 aliphatic heterocycles. The molecule has 4 nitrogen and oxygen atoms in total. The zero-order chi connectivity index (χ0) is 16.7. The van der Waals surface area contributed by atoms with Crippen molar-refractivity contribution in [3.63, 3.8) is 0 Å². The van der Waals surface area contributed by atoms with Crippen molar-refractivity contribution in [3.8, 4) is 11.3 Å². The smallest absolute Gasteiger partial charge is 0.257 e. The van der Waals surface area contributed by atoms with Crippen LogP contribution in [0.25, 0.3) is 11.3 Å². The van der Waals surface area contributed by atoms with Crippen molar-refractivity contribution >= 4 is 5.95 Å². The van der Waals surface area contributed by atoms with Crippen molar-refractivity contribution in [1.82, 2.24) is 9.97 Å². The van der Waals surface area contributed by atoms with E-state index in [4.69, 9.17) is 15.7 Å². The maximum absolute atomic E-state index is 12.8. The second kappa shape index (κ2) is 6.09. The molecule has 6 heteroatoms. The van der Waals surface area contributed by atoms with E-state index in [1.807, 2.05) is 12.1 Å². The number of anilines is 1. The highest BCUT2D eigenvalue weighted by atomic mass is 19.3. The number of nitrogens with zero attached hydrogens (tertiary/aromatic N) is 3. The van der Waals surface area contributed by atoms with Crippen LogP contribution < -0.4 is 10.6 Å². The quantitative estimate of drug-likeness (QED) is 0.936. The zero-order valence-electron chi connectivity index (χ0n) is 13.4. The molecule has 0 spiro atoms. The summed E-state index contributed by atoms with van der Waals surface area (Å²) in [4.78, 5) is 11.7. The van der Waals surface area contributed by atoms with Gasteiger partial charge in [0.25, 0.3) is 6.43 Å². The van der Waals surface area contributed by atoms with E-state index in [0.29, 0.717) is 5.56 Å². The van der Waals surface area contributed by atoms with Crippen LogP contribution in [-0.4, -0.2) is 29.5 Å². The standard InChI is InChI=1S/C18H20F2N4/c19-17(20)15(21)11-5-7-12(8-6-11)16-13-3-1-4-14(13)22-18(23-16)24-9-2-10-24/h5-8,15,17H,1-4,9-10,21H2. The number of hydrogen-bond acceptors (Lipinski definition) is 4. The summed E-state index contributed by atoms with van der Waals surface area (Å²) in [7, 11) is 0. The van der Waals surface area contributed by atoms with Crippen LogP contribution in [0.3, 0.4) is 0 Å². The third kappa shape index (κ3) is 2.65. The van der Waals surface area contributed by atoms with Crippen LogP contribution in [-0.2, 0) is 12.8 Å². The summed E-state index contributed by atoms with van der Waals surface area (Å²) in [5.41, 5.74) is 10.2. The molecule has 126 valence electrons. The minimum absolute atomic E-state index is 0.447. The fourth-order valence-electron chi connectivity index (χ4n) is 3.32. The number of fused-ring (bicyclic) bond motifs is 1. The van der Waals surface area contributed by atoms with Crippen LogP contribution in [0.1, 0.15) is 35.7 Å². The minimum Gasteiger partial charge on any atom is -0.341 e. The fourth-order valence-corrected chi connectivity index (χ4v) is 3.32. The molecule has 0 radical (unpaired) electrons. The first-order chi connectivity index (χ1) is 11.6. The molecule has 24 heavy (non-hydrogen) atoms. The molecule has 4 rings (SSSR count). The molecule has 2 N–H and O–H groups in total. The molecule has 0 amide bonds. The van der Waals surface area contributed by atoms with Crippen LogP contribution in [0, 0.1) is 0 Å². The monoisotopic (exact) mass is 330 g/mol. The van der Waals surface area contributed by atoms with Gasteiger partial charge in [-0.05, 0) is 31.2 Å². The molecule has 2 aromatic rings. The Morgan fingerprint density at radius 1 is 1.00 bits per heavy atom. The Morgan fingerprint density at radius 2 is 1.75 bits per heavy atom. The maximum atomic E-state index is 12.8. The molecule has 0 bridgehead atoms. The van der Waals surface area contributed by atoms with Gasteiger partial charge in [-0.15, -0.1) is 0 Å². The summed E-state index contributed by atoms with van der Waals surface area (Å²) in [5.74, 6) is 0.797. The fraction of sp³-hybridized carbons (Fsp3) is 0.444. The van der Waals surface area contributed by atoms with Gasteiger partial charge >= 0.3 is 0 Å². The van der Waals surface area contributed by atoms with Gasteiger partial charge in [0.2, 0.25) is 5.95 Å². The van der Waals surface area contributed by atoms with Gasteiger partial charge in [0.05, 0.1) is 11.7 Å². The van der Waals surface area contributed by atoms with Gasteiger partial charge in [0, 0.05) is 29.9 Å². The van der Waals surface area contributed by atoms with Crippen LogP contribution in [0.15, 0.2) is 24.3 Å². The Bertz CT molecular complexity index is 741. The number of hydrogen-bond donors (Lipinski definition) is 1. The number of benzene rings is 1. The van der Waals surface area contributed by atoms with E-state index in [9.17, 15) is 8.78 Å². The minimum atomic E-state index is -2.56. The largest absolute Gasteiger partial charge is 0.341 e. The van der Waals surface area contributed by atoms with Gasteiger partial charge in [-0.2, -0.15) is 0 Å². The van der Waals surface area contributed by atoms with Crippen molar-refractivity contribution in [2.24, 2.45) is 5.73 Å². The van der Waals surface area contributed by atoms with Gasteiger partial charge in [-0.3, -0.25) is 0 Å².